The van der Waals surface area contributed by atoms with Gasteiger partial charge in [0.05, 0.1) is 52.9 Å². The molecule has 41 nitrogen and oxygen atoms in total. The van der Waals surface area contributed by atoms with Crippen molar-refractivity contribution in [2.75, 3.05) is 52.9 Å². The Balaban J connectivity index is 0.917. The van der Waals surface area contributed by atoms with Gasteiger partial charge in [-0.1, -0.05) is 60.9 Å². The molecule has 0 aromatic rings. The lowest BCUT2D eigenvalue weighted by Gasteiger charge is -2.50. The van der Waals surface area contributed by atoms with Crippen molar-refractivity contribution in [3.8, 4) is 0 Å². The number of aliphatic hydroxyl groups is 24. The summed E-state index contributed by atoms with van der Waals surface area (Å²) in [5, 5.41) is 271. The second kappa shape index (κ2) is 38.4. The fourth-order valence-electron chi connectivity index (χ4n) is 15.0. The van der Waals surface area contributed by atoms with E-state index in [1.54, 1.807) is 19.1 Å². The summed E-state index contributed by atoms with van der Waals surface area (Å²) < 4.78 is 99.0. The summed E-state index contributed by atoms with van der Waals surface area (Å²) in [6.45, 7) is 1.57. The average Bonchev–Trinajstić information content (AvgIpc) is 0.771. The number of hydrogen-bond acceptors (Lipinski definition) is 41. The normalized spacial score (nSPS) is 49.2. The highest BCUT2D eigenvalue weighted by Crippen LogP contribution is 2.43. The van der Waals surface area contributed by atoms with Crippen molar-refractivity contribution in [1.82, 2.24) is 0 Å². The van der Waals surface area contributed by atoms with Gasteiger partial charge in [0.25, 0.3) is 0 Å². The van der Waals surface area contributed by atoms with Gasteiger partial charge >= 0.3 is 0 Å². The molecule has 30 aliphatic heterocycles. The number of rotatable bonds is 15. The van der Waals surface area contributed by atoms with Crippen LogP contribution < -0.4 is 0 Å². The van der Waals surface area contributed by atoms with E-state index in [9.17, 15) is 123 Å². The van der Waals surface area contributed by atoms with Gasteiger partial charge in [-0.05, 0) is 57.1 Å². The topological polar surface area (TPSA) is 642 Å². The molecule has 41 unspecified atom stereocenters. The third-order valence-corrected chi connectivity index (χ3v) is 21.3. The molecule has 30 fully saturated rings. The van der Waals surface area contributed by atoms with Gasteiger partial charge in [-0.25, -0.2) is 0 Å². The number of aliphatic hydroxyl groups excluding tert-OH is 24. The summed E-state index contributed by atoms with van der Waals surface area (Å²) in [7, 11) is 0. The first-order valence-corrected chi connectivity index (χ1v) is 36.1. The van der Waals surface area contributed by atoms with Crippen LogP contribution >= 0.6 is 0 Å². The number of allylic oxidation sites excluding steroid dienone is 9. The Morgan fingerprint density at radius 3 is 0.835 bits per heavy atom. The zero-order chi connectivity index (χ0) is 79.5. The maximum Gasteiger partial charge on any atom is 0.187 e. The van der Waals surface area contributed by atoms with Crippen LogP contribution in [0.2, 0.25) is 0 Å². The molecule has 0 saturated carbocycles. The molecular weight excluding hydrogens is 1470 g/mol. The molecule has 0 aromatic heterocycles. The van der Waals surface area contributed by atoms with Gasteiger partial charge in [0.1, 0.15) is 195 Å². The summed E-state index contributed by atoms with van der Waals surface area (Å²) in [4.78, 5) is 0. The summed E-state index contributed by atoms with van der Waals surface area (Å²) in [5.74, 6) is 0. The van der Waals surface area contributed by atoms with Gasteiger partial charge < -0.3 is 203 Å². The highest BCUT2D eigenvalue weighted by Gasteiger charge is 2.61. The van der Waals surface area contributed by atoms with Crippen LogP contribution in [0.15, 0.2) is 58.7 Å². The van der Waals surface area contributed by atoms with Crippen molar-refractivity contribution in [3.63, 3.8) is 0 Å². The molecule has 31 rings (SSSR count). The first-order valence-electron chi connectivity index (χ1n) is 36.1. The van der Waals surface area contributed by atoms with Gasteiger partial charge in [-0.2, -0.15) is 0 Å². The van der Waals surface area contributed by atoms with Crippen LogP contribution in [0, 0.1) is 5.41 Å². The summed E-state index contributed by atoms with van der Waals surface area (Å²) >= 11 is 0. The Morgan fingerprint density at radius 1 is 0.358 bits per heavy atom. The van der Waals surface area contributed by atoms with E-state index in [-0.39, 0.29) is 5.41 Å². The van der Waals surface area contributed by atoms with Crippen LogP contribution in [0.1, 0.15) is 53.9 Å². The van der Waals surface area contributed by atoms with E-state index in [0.717, 1.165) is 24.8 Å². The van der Waals surface area contributed by atoms with Crippen LogP contribution in [0.5, 0.6) is 0 Å². The van der Waals surface area contributed by atoms with Gasteiger partial charge in [0.15, 0.2) is 56.6 Å². The first-order chi connectivity index (χ1) is 51.7. The quantitative estimate of drug-likeness (QED) is 0.0535. The molecule has 30 saturated heterocycles. The monoisotopic (exact) mass is 1580 g/mol. The molecule has 24 N–H and O–H groups in total. The van der Waals surface area contributed by atoms with Gasteiger partial charge in [-0.15, -0.1) is 0 Å². The second-order valence-electron chi connectivity index (χ2n) is 29.4. The first kappa shape index (κ1) is 88.4. The lowest BCUT2D eigenvalue weighted by Crippen LogP contribution is -2.69. The minimum Gasteiger partial charge on any atom is -0.394 e. The fraction of sp³-hybridized carbons (Fsp3) is 0.853. The van der Waals surface area contributed by atoms with Gasteiger partial charge in [-0.3, -0.25) is 0 Å². The highest BCUT2D eigenvalue weighted by atomic mass is 16.8. The Bertz CT molecular complexity index is 3000. The Morgan fingerprint density at radius 2 is 0.596 bits per heavy atom. The van der Waals surface area contributed by atoms with Crippen molar-refractivity contribution in [2.24, 2.45) is 5.41 Å². The van der Waals surface area contributed by atoms with E-state index in [4.69, 9.17) is 80.5 Å². The molecule has 31 aliphatic rings. The van der Waals surface area contributed by atoms with Crippen LogP contribution in [0.25, 0.3) is 0 Å². The molecule has 626 valence electrons. The number of hydrogen-bond donors (Lipinski definition) is 24. The lowest BCUT2D eigenvalue weighted by molar-refractivity contribution is -0.404. The Hall–Kier alpha value is -2.94. The molecule has 16 bridgehead atoms. The smallest absolute Gasteiger partial charge is 0.187 e. The number of ether oxygens (including phenoxy) is 17. The van der Waals surface area contributed by atoms with Crippen LogP contribution in [0.4, 0.5) is 0 Å². The summed E-state index contributed by atoms with van der Waals surface area (Å²) in [6, 6.07) is 0. The van der Waals surface area contributed by atoms with E-state index in [1.807, 2.05) is 19.1 Å². The van der Waals surface area contributed by atoms with E-state index >= 15 is 0 Å². The molecular formula is C68H108O41. The summed E-state index contributed by atoms with van der Waals surface area (Å²) in [5.41, 5.74) is 3.98. The molecule has 109 heavy (non-hydrogen) atoms. The van der Waals surface area contributed by atoms with E-state index in [0.29, 0.717) is 5.57 Å². The lowest BCUT2D eigenvalue weighted by atomic mass is 9.72. The van der Waals surface area contributed by atoms with Crippen molar-refractivity contribution >= 4 is 0 Å². The third-order valence-electron chi connectivity index (χ3n) is 21.3. The van der Waals surface area contributed by atoms with Crippen molar-refractivity contribution in [2.45, 2.75) is 306 Å². The summed E-state index contributed by atoms with van der Waals surface area (Å²) in [6.07, 6.45) is -71.3. The molecule has 1 aliphatic carbocycles. The average molecular weight is 1580 g/mol. The Labute approximate surface area is 624 Å². The molecule has 41 atom stereocenters. The molecule has 30 heterocycles. The maximum atomic E-state index is 12.0. The van der Waals surface area contributed by atoms with Gasteiger partial charge in [0, 0.05) is 0 Å². The molecule has 41 heteroatoms. The Kier molecular flexibility index (Phi) is 31.2. The van der Waals surface area contributed by atoms with E-state index in [1.165, 1.54) is 17.2 Å². The second-order valence-corrected chi connectivity index (χ2v) is 29.4. The van der Waals surface area contributed by atoms with Crippen molar-refractivity contribution in [1.29, 1.82) is 0 Å². The van der Waals surface area contributed by atoms with Crippen LogP contribution in [-0.2, 0) is 80.5 Å². The van der Waals surface area contributed by atoms with Crippen molar-refractivity contribution < 1.29 is 203 Å². The molecule has 0 amide bonds. The third kappa shape index (κ3) is 19.4. The zero-order valence-corrected chi connectivity index (χ0v) is 60.1. The van der Waals surface area contributed by atoms with Crippen molar-refractivity contribution in [3.05, 3.63) is 58.7 Å². The molecule has 0 aromatic carbocycles. The highest BCUT2D eigenvalue weighted by molar-refractivity contribution is 5.37. The SMILES string of the molecule is CC1=C(/C=C/C(C)=C/C=C/C(C)=C/C(O)OCC2OC3OC4C(CO)OC(OC5C(CO)OC(OC6C(CO)OC(OC7C(CO)OC(OC8C(CO)OC(OC9C(CO)OC(OC%10C(CO)OC(OC2C(O)C3O)C(O)C%10O)C(O)C9O)C(O)C8O)C(O)C7O)C(O)C6O)C(O)C5O)C(O)C4O)C(C)(C)CCC1. The minimum atomic E-state index is -2.31. The molecule has 0 radical (unpaired) electrons. The zero-order valence-electron chi connectivity index (χ0n) is 60.1. The van der Waals surface area contributed by atoms with Crippen LogP contribution in [-0.4, -0.2) is 427 Å². The standard InChI is InChI=1S/C68H108O41/c1-23(11-12-26-25(3)10-7-13-68(26,4)5)8-6-9-24(2)14-35(76)93-22-34-59-43(84)51(92)67(101-34)108-58-33(21-75)99-65(49(90)41(58)82)106-56-31(19-73)97-63(47(88)39(56)80)104-54-29(17-71)95-61(45(86)37(54)78)102-52-27(15-69)94-60(44(85)36(52)77)103-53-28(16-70)96-62(46(87)38(53)79)105-55-30(18-72)98-64(48(89)40(55)81)107-57-32(20-74)100-66(109-59)50(91)42(57)83/h6,8-9,11-12,14,27-67,69-92H,7,10,13,15-22H2,1-5H3/b9-6+,12-11+,23-8+,24-14+. The van der Waals surface area contributed by atoms with Crippen LogP contribution in [0.3, 0.4) is 0 Å². The van der Waals surface area contributed by atoms with Gasteiger partial charge in [0.2, 0.25) is 0 Å². The fourth-order valence-corrected chi connectivity index (χ4v) is 15.0. The minimum absolute atomic E-state index is 0.0129. The molecule has 0 spiro atoms. The maximum absolute atomic E-state index is 12.0. The van der Waals surface area contributed by atoms with E-state index in [2.05, 4.69) is 26.8 Å². The largest absolute Gasteiger partial charge is 0.394 e. The predicted molar refractivity (Wildman–Crippen MR) is 352 cm³/mol. The van der Waals surface area contributed by atoms with E-state index < -0.39 is 305 Å². The predicted octanol–water partition coefficient (Wildman–Crippen LogP) is -11.5.